The molecule has 0 bridgehead atoms. The van der Waals surface area contributed by atoms with Gasteiger partial charge in [-0.3, -0.25) is 4.79 Å². The van der Waals surface area contributed by atoms with E-state index in [-0.39, 0.29) is 11.9 Å². The van der Waals surface area contributed by atoms with Crippen molar-refractivity contribution in [2.75, 3.05) is 7.11 Å². The fourth-order valence-corrected chi connectivity index (χ4v) is 0.885. The molecule has 0 unspecified atom stereocenters. The average Bonchev–Trinajstić information content (AvgIpc) is 2.02. The Hall–Kier alpha value is -0.790. The molecule has 2 heteroatoms. The third-order valence-corrected chi connectivity index (χ3v) is 1.96. The number of rotatable bonds is 4. The van der Waals surface area contributed by atoms with Gasteiger partial charge in [0.25, 0.3) is 0 Å². The van der Waals surface area contributed by atoms with Crippen LogP contribution >= 0.6 is 0 Å². The number of methoxy groups -OCH3 is 1. The third kappa shape index (κ3) is 3.21. The van der Waals surface area contributed by atoms with Crippen molar-refractivity contribution in [2.24, 2.45) is 11.8 Å². The summed E-state index contributed by atoms with van der Waals surface area (Å²) in [4.78, 5) is 11.0. The maximum Gasteiger partial charge on any atom is 0.308 e. The molecule has 0 radical (unpaired) electrons. The van der Waals surface area contributed by atoms with Crippen LogP contribution in [0, 0.1) is 11.8 Å². The van der Waals surface area contributed by atoms with Gasteiger partial charge >= 0.3 is 5.97 Å². The lowest BCUT2D eigenvalue weighted by atomic mass is 9.93. The van der Waals surface area contributed by atoms with E-state index in [1.807, 2.05) is 19.9 Å². The van der Waals surface area contributed by atoms with Gasteiger partial charge in [-0.15, -0.1) is 6.58 Å². The third-order valence-electron chi connectivity index (χ3n) is 1.96. The molecule has 11 heavy (non-hydrogen) atoms. The molecule has 0 aromatic carbocycles. The molecule has 0 rings (SSSR count). The van der Waals surface area contributed by atoms with Crippen molar-refractivity contribution >= 4 is 5.97 Å². The van der Waals surface area contributed by atoms with E-state index in [4.69, 9.17) is 0 Å². The fourth-order valence-electron chi connectivity index (χ4n) is 0.885. The van der Waals surface area contributed by atoms with E-state index in [0.717, 1.165) is 6.42 Å². The fraction of sp³-hybridized carbons (Fsp3) is 0.667. The highest BCUT2D eigenvalue weighted by molar-refractivity contribution is 5.72. The van der Waals surface area contributed by atoms with Crippen LogP contribution in [0.2, 0.25) is 0 Å². The van der Waals surface area contributed by atoms with Crippen LogP contribution in [-0.4, -0.2) is 13.1 Å². The quantitative estimate of drug-likeness (QED) is 0.459. The summed E-state index contributed by atoms with van der Waals surface area (Å²) < 4.78 is 4.61. The zero-order chi connectivity index (χ0) is 8.85. The Kier molecular flexibility index (Phi) is 4.59. The number of hydrogen-bond acceptors (Lipinski definition) is 2. The lowest BCUT2D eigenvalue weighted by Crippen LogP contribution is -2.19. The second kappa shape index (κ2) is 4.94. The highest BCUT2D eigenvalue weighted by atomic mass is 16.5. The minimum atomic E-state index is -0.139. The van der Waals surface area contributed by atoms with Gasteiger partial charge in [0.15, 0.2) is 0 Å². The maximum absolute atomic E-state index is 11.0. The minimum absolute atomic E-state index is 0.0296. The van der Waals surface area contributed by atoms with Crippen LogP contribution in [0.3, 0.4) is 0 Å². The van der Waals surface area contributed by atoms with Gasteiger partial charge in [0.1, 0.15) is 0 Å². The summed E-state index contributed by atoms with van der Waals surface area (Å²) in [7, 11) is 1.42. The van der Waals surface area contributed by atoms with E-state index in [1.165, 1.54) is 7.11 Å². The molecule has 0 aliphatic heterocycles. The van der Waals surface area contributed by atoms with Crippen LogP contribution in [0.25, 0.3) is 0 Å². The van der Waals surface area contributed by atoms with Gasteiger partial charge in [0.05, 0.1) is 13.0 Å². The molecule has 0 aliphatic rings. The first kappa shape index (κ1) is 10.2. The normalized spacial score (nSPS) is 15.2. The summed E-state index contributed by atoms with van der Waals surface area (Å²) in [5.74, 6) is 0.150. The number of carbonyl (C=O) groups excluding carboxylic acids is 1. The Morgan fingerprint density at radius 3 is 2.55 bits per heavy atom. The van der Waals surface area contributed by atoms with Gasteiger partial charge in [0, 0.05) is 0 Å². The van der Waals surface area contributed by atoms with E-state index in [0.29, 0.717) is 5.92 Å². The van der Waals surface area contributed by atoms with Crippen molar-refractivity contribution in [1.82, 2.24) is 0 Å². The molecule has 0 aromatic heterocycles. The van der Waals surface area contributed by atoms with Crippen molar-refractivity contribution in [2.45, 2.75) is 20.3 Å². The van der Waals surface area contributed by atoms with E-state index in [2.05, 4.69) is 11.3 Å². The molecule has 2 nitrogen and oxygen atoms in total. The standard InChI is InChI=1S/C9H16O2/c1-5-6-7(2)8(3)9(10)11-4/h5,7-8H,1,6H2,2-4H3/t7-,8-/m0/s1. The van der Waals surface area contributed by atoms with Crippen LogP contribution in [0.1, 0.15) is 20.3 Å². The van der Waals surface area contributed by atoms with Gasteiger partial charge in [-0.2, -0.15) is 0 Å². The largest absolute Gasteiger partial charge is 0.469 e. The molecule has 64 valence electrons. The molecule has 0 fully saturated rings. The van der Waals surface area contributed by atoms with Crippen LogP contribution in [-0.2, 0) is 9.53 Å². The van der Waals surface area contributed by atoms with Crippen molar-refractivity contribution < 1.29 is 9.53 Å². The van der Waals surface area contributed by atoms with Gasteiger partial charge < -0.3 is 4.74 Å². The Morgan fingerprint density at radius 1 is 1.64 bits per heavy atom. The molecule has 0 saturated carbocycles. The smallest absolute Gasteiger partial charge is 0.308 e. The Bertz CT molecular complexity index is 140. The summed E-state index contributed by atoms with van der Waals surface area (Å²) >= 11 is 0. The van der Waals surface area contributed by atoms with Crippen molar-refractivity contribution in [3.8, 4) is 0 Å². The van der Waals surface area contributed by atoms with E-state index in [9.17, 15) is 4.79 Å². The minimum Gasteiger partial charge on any atom is -0.469 e. The molecule has 0 heterocycles. The van der Waals surface area contributed by atoms with Gasteiger partial charge in [0.2, 0.25) is 0 Å². The first-order valence-electron chi connectivity index (χ1n) is 3.82. The average molecular weight is 156 g/mol. The first-order chi connectivity index (χ1) is 5.13. The molecular weight excluding hydrogens is 140 g/mol. The zero-order valence-corrected chi connectivity index (χ0v) is 7.46. The highest BCUT2D eigenvalue weighted by Gasteiger charge is 2.18. The van der Waals surface area contributed by atoms with Crippen LogP contribution in [0.4, 0.5) is 0 Å². The first-order valence-corrected chi connectivity index (χ1v) is 3.82. The number of ether oxygens (including phenoxy) is 1. The molecular formula is C9H16O2. The van der Waals surface area contributed by atoms with Crippen molar-refractivity contribution in [3.63, 3.8) is 0 Å². The lowest BCUT2D eigenvalue weighted by molar-refractivity contribution is -0.146. The van der Waals surface area contributed by atoms with Crippen LogP contribution < -0.4 is 0 Å². The molecule has 0 saturated heterocycles. The Morgan fingerprint density at radius 2 is 2.18 bits per heavy atom. The van der Waals surface area contributed by atoms with Gasteiger partial charge in [-0.1, -0.05) is 19.9 Å². The van der Waals surface area contributed by atoms with Gasteiger partial charge in [-0.05, 0) is 12.3 Å². The summed E-state index contributed by atoms with van der Waals surface area (Å²) in [6, 6.07) is 0. The Balaban J connectivity index is 3.89. The van der Waals surface area contributed by atoms with Crippen molar-refractivity contribution in [3.05, 3.63) is 12.7 Å². The van der Waals surface area contributed by atoms with E-state index >= 15 is 0 Å². The van der Waals surface area contributed by atoms with Gasteiger partial charge in [-0.25, -0.2) is 0 Å². The van der Waals surface area contributed by atoms with E-state index < -0.39 is 0 Å². The maximum atomic E-state index is 11.0. The Labute approximate surface area is 68.2 Å². The monoisotopic (exact) mass is 156 g/mol. The summed E-state index contributed by atoms with van der Waals surface area (Å²) in [5, 5.41) is 0. The summed E-state index contributed by atoms with van der Waals surface area (Å²) in [6.07, 6.45) is 2.68. The second-order valence-electron chi connectivity index (χ2n) is 2.81. The SMILES string of the molecule is C=CC[C@H](C)[C@H](C)C(=O)OC. The van der Waals surface area contributed by atoms with Crippen LogP contribution in [0.5, 0.6) is 0 Å². The van der Waals surface area contributed by atoms with Crippen molar-refractivity contribution in [1.29, 1.82) is 0 Å². The van der Waals surface area contributed by atoms with E-state index in [1.54, 1.807) is 0 Å². The van der Waals surface area contributed by atoms with Crippen LogP contribution in [0.15, 0.2) is 12.7 Å². The predicted octanol–water partition coefficient (Wildman–Crippen LogP) is 2.01. The summed E-state index contributed by atoms with van der Waals surface area (Å²) in [6.45, 7) is 7.51. The lowest BCUT2D eigenvalue weighted by Gasteiger charge is -2.15. The number of hydrogen-bond donors (Lipinski definition) is 0. The number of allylic oxidation sites excluding steroid dienone is 1. The predicted molar refractivity (Wildman–Crippen MR) is 45.2 cm³/mol. The molecule has 0 aliphatic carbocycles. The number of carbonyl (C=O) groups is 1. The molecule has 2 atom stereocenters. The second-order valence-corrected chi connectivity index (χ2v) is 2.81. The number of esters is 1. The molecule has 0 aromatic rings. The zero-order valence-electron chi connectivity index (χ0n) is 7.46. The molecule has 0 spiro atoms. The topological polar surface area (TPSA) is 26.3 Å². The highest BCUT2D eigenvalue weighted by Crippen LogP contribution is 2.16. The molecule has 0 amide bonds. The summed E-state index contributed by atoms with van der Waals surface area (Å²) in [5.41, 5.74) is 0. The molecule has 0 N–H and O–H groups in total.